The van der Waals surface area contributed by atoms with E-state index in [9.17, 15) is 4.79 Å². The van der Waals surface area contributed by atoms with E-state index >= 15 is 0 Å². The Balaban J connectivity index is 2.85. The molecule has 0 atom stereocenters. The third kappa shape index (κ3) is 6.70. The van der Waals surface area contributed by atoms with Crippen LogP contribution >= 0.6 is 8.95 Å². The molecule has 0 aromatic heterocycles. The molecule has 0 aliphatic carbocycles. The van der Waals surface area contributed by atoms with Gasteiger partial charge in [-0.2, -0.15) is 0 Å². The summed E-state index contributed by atoms with van der Waals surface area (Å²) in [6.45, 7) is 0. The summed E-state index contributed by atoms with van der Waals surface area (Å²) >= 11 is -4.44. The van der Waals surface area contributed by atoms with Crippen LogP contribution in [-0.2, 0) is 3.07 Å². The number of hydrogen-bond donors (Lipinski definition) is 0. The number of carbonyl (C=O) groups excluding carboxylic acids is 1. The fourth-order valence-corrected chi connectivity index (χ4v) is 11.5. The fourth-order valence-electron chi connectivity index (χ4n) is 1.38. The summed E-state index contributed by atoms with van der Waals surface area (Å²) in [6, 6.07) is 7.87. The third-order valence-electron chi connectivity index (χ3n) is 1.89. The molecular weight excluding hydrogens is 458 g/mol. The molecule has 0 radical (unpaired) electrons. The van der Waals surface area contributed by atoms with Gasteiger partial charge in [0.1, 0.15) is 0 Å². The van der Waals surface area contributed by atoms with E-state index in [0.29, 0.717) is 5.56 Å². The molecule has 0 aliphatic rings. The molecular formula is C13H22O2SSn2. The molecule has 0 saturated carbocycles. The molecule has 1 aromatic carbocycles. The first-order valence-corrected chi connectivity index (χ1v) is 28.7. The summed E-state index contributed by atoms with van der Waals surface area (Å²) in [5.41, 5.74) is 0.696. The maximum absolute atomic E-state index is 12.0. The van der Waals surface area contributed by atoms with E-state index < -0.39 is 35.8 Å². The summed E-state index contributed by atoms with van der Waals surface area (Å²) in [6.07, 6.45) is 0. The van der Waals surface area contributed by atoms with E-state index in [4.69, 9.17) is 3.07 Å². The Morgan fingerprint density at radius 3 is 2.22 bits per heavy atom. The van der Waals surface area contributed by atoms with Crippen LogP contribution in [0.1, 0.15) is 10.4 Å². The van der Waals surface area contributed by atoms with Crippen molar-refractivity contribution in [3.05, 3.63) is 29.8 Å². The Kier molecular flexibility index (Phi) is 5.93. The zero-order chi connectivity index (χ0) is 14.0. The van der Waals surface area contributed by atoms with Gasteiger partial charge in [0, 0.05) is 0 Å². The quantitative estimate of drug-likeness (QED) is 0.590. The van der Waals surface area contributed by atoms with Crippen LogP contribution in [0.15, 0.2) is 29.2 Å². The monoisotopic (exact) mass is 482 g/mol. The summed E-state index contributed by atoms with van der Waals surface area (Å²) < 4.78 is 5.59. The fraction of sp³-hybridized carbons (Fsp3) is 0.462. The molecule has 2 nitrogen and oxygen atoms in total. The van der Waals surface area contributed by atoms with Crippen molar-refractivity contribution in [2.45, 2.75) is 34.5 Å². The molecule has 1 aromatic rings. The van der Waals surface area contributed by atoms with Gasteiger partial charge in [0.25, 0.3) is 0 Å². The molecule has 0 amide bonds. The molecule has 0 spiro atoms. The Bertz CT molecular complexity index is 433. The molecule has 100 valence electrons. The van der Waals surface area contributed by atoms with E-state index in [0.717, 1.165) is 0 Å². The standard InChI is InChI=1S/C7H6O2S.6CH3.2Sn/c8-7(9)5-2-1-3-6(10)4-5;;;;;;;;/h1-4,10H,(H,8,9);6*1H3;;/q;;;;;;;2*+1/p-2. The summed E-state index contributed by atoms with van der Waals surface area (Å²) in [5, 5.41) is 0. The van der Waals surface area contributed by atoms with Crippen LogP contribution in [0.2, 0.25) is 29.6 Å². The van der Waals surface area contributed by atoms with Gasteiger partial charge in [0.15, 0.2) is 0 Å². The van der Waals surface area contributed by atoms with E-state index in [2.05, 4.69) is 35.7 Å². The van der Waals surface area contributed by atoms with Crippen LogP contribution < -0.4 is 0 Å². The van der Waals surface area contributed by atoms with Crippen molar-refractivity contribution < 1.29 is 7.87 Å². The van der Waals surface area contributed by atoms with E-state index in [1.54, 1.807) is 0 Å². The molecule has 0 unspecified atom stereocenters. The first-order valence-electron chi connectivity index (χ1n) is 6.09. The SMILES string of the molecule is [CH3][Sn]([CH3])([CH3])[O]C(=O)c1cccc([S][Sn]([CH3])([CH3])[CH3])c1. The van der Waals surface area contributed by atoms with Crippen molar-refractivity contribution in [1.82, 2.24) is 0 Å². The topological polar surface area (TPSA) is 26.3 Å². The van der Waals surface area contributed by atoms with Gasteiger partial charge >= 0.3 is 123 Å². The number of benzene rings is 1. The molecule has 0 heterocycles. The van der Waals surface area contributed by atoms with Crippen LogP contribution in [0, 0.1) is 0 Å². The summed E-state index contributed by atoms with van der Waals surface area (Å²) in [7, 11) is 1.97. The van der Waals surface area contributed by atoms with E-state index in [1.165, 1.54) is 4.90 Å². The molecule has 0 fully saturated rings. The van der Waals surface area contributed by atoms with Gasteiger partial charge in [0.05, 0.1) is 0 Å². The average molecular weight is 480 g/mol. The zero-order valence-corrected chi connectivity index (χ0v) is 18.6. The Morgan fingerprint density at radius 2 is 1.72 bits per heavy atom. The number of hydrogen-bond acceptors (Lipinski definition) is 3. The van der Waals surface area contributed by atoms with Crippen molar-refractivity contribution in [3.63, 3.8) is 0 Å². The predicted octanol–water partition coefficient (Wildman–Crippen LogP) is 4.61. The van der Waals surface area contributed by atoms with Gasteiger partial charge in [-0.3, -0.25) is 0 Å². The van der Waals surface area contributed by atoms with Crippen molar-refractivity contribution in [1.29, 1.82) is 0 Å². The van der Waals surface area contributed by atoms with Crippen LogP contribution in [0.25, 0.3) is 0 Å². The van der Waals surface area contributed by atoms with Gasteiger partial charge < -0.3 is 0 Å². The van der Waals surface area contributed by atoms with Crippen molar-refractivity contribution in [2.24, 2.45) is 0 Å². The van der Waals surface area contributed by atoms with Gasteiger partial charge in [-0.25, -0.2) is 0 Å². The predicted molar refractivity (Wildman–Crippen MR) is 84.4 cm³/mol. The Labute approximate surface area is 122 Å². The molecule has 1 rings (SSSR count). The second kappa shape index (κ2) is 6.39. The first kappa shape index (κ1) is 16.7. The summed E-state index contributed by atoms with van der Waals surface area (Å²) in [4.78, 5) is 26.6. The van der Waals surface area contributed by atoms with Gasteiger partial charge in [-0.15, -0.1) is 0 Å². The molecule has 0 saturated heterocycles. The van der Waals surface area contributed by atoms with Gasteiger partial charge in [-0.05, 0) is 0 Å². The zero-order valence-electron chi connectivity index (χ0n) is 12.0. The van der Waals surface area contributed by atoms with E-state index in [1.807, 2.05) is 27.1 Å². The first-order chi connectivity index (χ1) is 8.07. The van der Waals surface area contributed by atoms with E-state index in [-0.39, 0.29) is 5.97 Å². The minimum absolute atomic E-state index is 0.148. The van der Waals surface area contributed by atoms with Crippen LogP contribution in [-0.4, -0.2) is 41.8 Å². The van der Waals surface area contributed by atoms with Crippen LogP contribution in [0.4, 0.5) is 0 Å². The summed E-state index contributed by atoms with van der Waals surface area (Å²) in [5.74, 6) is -0.148. The van der Waals surface area contributed by atoms with Crippen LogP contribution in [0.5, 0.6) is 0 Å². The second-order valence-corrected chi connectivity index (χ2v) is 41.6. The Morgan fingerprint density at radius 1 is 1.11 bits per heavy atom. The normalized spacial score (nSPS) is 12.3. The van der Waals surface area contributed by atoms with Crippen molar-refractivity contribution in [2.75, 3.05) is 0 Å². The molecule has 0 bridgehead atoms. The van der Waals surface area contributed by atoms with Crippen molar-refractivity contribution >= 4 is 50.7 Å². The molecule has 0 aliphatic heterocycles. The number of carbonyl (C=O) groups is 1. The molecule has 5 heteroatoms. The van der Waals surface area contributed by atoms with Crippen molar-refractivity contribution in [3.8, 4) is 0 Å². The third-order valence-corrected chi connectivity index (χ3v) is 12.5. The molecule has 0 N–H and O–H groups in total. The second-order valence-electron chi connectivity index (χ2n) is 6.24. The van der Waals surface area contributed by atoms with Gasteiger partial charge in [-0.1, -0.05) is 0 Å². The Hall–Kier alpha value is 0.637. The van der Waals surface area contributed by atoms with Crippen LogP contribution in [0.3, 0.4) is 0 Å². The molecule has 18 heavy (non-hydrogen) atoms. The maximum atomic E-state index is 12.0. The number of rotatable bonds is 4. The van der Waals surface area contributed by atoms with Gasteiger partial charge in [0.2, 0.25) is 0 Å². The minimum atomic E-state index is -2.51. The average Bonchev–Trinajstić information content (AvgIpc) is 2.12.